The Bertz CT molecular complexity index is 339. The summed E-state index contributed by atoms with van der Waals surface area (Å²) in [5.74, 6) is 1.07. The Kier molecular flexibility index (Phi) is 5.93. The topological polar surface area (TPSA) is 137 Å². The number of hydrogen-bond donors (Lipinski definition) is 4. The molecule has 4 atom stereocenters. The van der Waals surface area contributed by atoms with Crippen LogP contribution in [0.15, 0.2) is 0 Å². The zero-order valence-electron chi connectivity index (χ0n) is 10.7. The largest absolute Gasteiger partial charge is 0.379 e. The van der Waals surface area contributed by atoms with Gasteiger partial charge in [0.2, 0.25) is 0 Å². The second-order valence-electron chi connectivity index (χ2n) is 4.26. The molecular weight excluding hydrogens is 304 g/mol. The first-order chi connectivity index (χ1) is 9.58. The number of thioether (sulfide) groups is 2. The van der Waals surface area contributed by atoms with Crippen LogP contribution in [-0.4, -0.2) is 59.8 Å². The van der Waals surface area contributed by atoms with Gasteiger partial charge in [-0.05, 0) is 0 Å². The van der Waals surface area contributed by atoms with Crippen molar-refractivity contribution < 1.29 is 18.9 Å². The first-order valence-electron chi connectivity index (χ1n) is 5.98. The van der Waals surface area contributed by atoms with Gasteiger partial charge in [0, 0.05) is 11.5 Å². The predicted octanol–water partition coefficient (Wildman–Crippen LogP) is -0.277. The molecule has 2 aliphatic heterocycles. The maximum absolute atomic E-state index is 7.23. The maximum Gasteiger partial charge on any atom is 0.151 e. The molecule has 6 N–H and O–H groups in total. The summed E-state index contributed by atoms with van der Waals surface area (Å²) in [6, 6.07) is 0. The third-order valence-electron chi connectivity index (χ3n) is 2.95. The average molecular weight is 322 g/mol. The van der Waals surface area contributed by atoms with Gasteiger partial charge in [0.15, 0.2) is 10.3 Å². The molecule has 8 nitrogen and oxygen atoms in total. The van der Waals surface area contributed by atoms with Gasteiger partial charge < -0.3 is 30.4 Å². The smallest absolute Gasteiger partial charge is 0.151 e. The van der Waals surface area contributed by atoms with Crippen LogP contribution in [0.4, 0.5) is 0 Å². The van der Waals surface area contributed by atoms with Crippen LogP contribution in [0.3, 0.4) is 0 Å². The van der Waals surface area contributed by atoms with Crippen molar-refractivity contribution in [3.63, 3.8) is 0 Å². The van der Waals surface area contributed by atoms with Gasteiger partial charge in [0.25, 0.3) is 0 Å². The highest BCUT2D eigenvalue weighted by Gasteiger charge is 2.44. The fourth-order valence-corrected chi connectivity index (χ4v) is 3.32. The predicted molar refractivity (Wildman–Crippen MR) is 78.0 cm³/mol. The quantitative estimate of drug-likeness (QED) is 0.401. The third kappa shape index (κ3) is 4.24. The average Bonchev–Trinajstić information content (AvgIpc) is 3.01. The summed E-state index contributed by atoms with van der Waals surface area (Å²) in [6.07, 6.45) is -0.912. The zero-order valence-corrected chi connectivity index (χ0v) is 12.4. The molecule has 2 fully saturated rings. The Morgan fingerprint density at radius 2 is 1.25 bits per heavy atom. The van der Waals surface area contributed by atoms with Crippen molar-refractivity contribution in [3.8, 4) is 0 Å². The molecule has 114 valence electrons. The molecule has 4 unspecified atom stereocenters. The highest BCUT2D eigenvalue weighted by atomic mass is 32.2. The molecule has 0 aromatic carbocycles. The highest BCUT2D eigenvalue weighted by molar-refractivity contribution is 8.13. The lowest BCUT2D eigenvalue weighted by Crippen LogP contribution is -2.43. The molecule has 0 aromatic heterocycles. The lowest BCUT2D eigenvalue weighted by molar-refractivity contribution is -0.0294. The lowest BCUT2D eigenvalue weighted by Gasteiger charge is -2.25. The van der Waals surface area contributed by atoms with E-state index in [1.165, 1.54) is 23.5 Å². The van der Waals surface area contributed by atoms with Crippen LogP contribution in [0.2, 0.25) is 0 Å². The molecule has 0 saturated carbocycles. The first-order valence-corrected chi connectivity index (χ1v) is 7.95. The molecule has 2 rings (SSSR count). The van der Waals surface area contributed by atoms with Gasteiger partial charge in [-0.1, -0.05) is 23.5 Å². The van der Waals surface area contributed by atoms with E-state index in [0.29, 0.717) is 11.5 Å². The Labute approximate surface area is 125 Å². The second kappa shape index (κ2) is 7.48. The van der Waals surface area contributed by atoms with E-state index in [9.17, 15) is 0 Å². The first kappa shape index (κ1) is 15.9. The van der Waals surface area contributed by atoms with Crippen LogP contribution >= 0.6 is 23.5 Å². The molecule has 20 heavy (non-hydrogen) atoms. The van der Waals surface area contributed by atoms with Crippen molar-refractivity contribution in [3.05, 3.63) is 0 Å². The molecule has 2 aliphatic rings. The van der Waals surface area contributed by atoms with Crippen LogP contribution in [0, 0.1) is 10.8 Å². The van der Waals surface area contributed by atoms with E-state index < -0.39 is 0 Å². The Hall–Kier alpha value is -0.520. The minimum Gasteiger partial charge on any atom is -0.379 e. The summed E-state index contributed by atoms with van der Waals surface area (Å²) < 4.78 is 22.1. The van der Waals surface area contributed by atoms with E-state index in [1.54, 1.807) is 0 Å². The van der Waals surface area contributed by atoms with E-state index in [2.05, 4.69) is 0 Å². The normalized spacial score (nSPS) is 33.4. The molecule has 0 amide bonds. The Morgan fingerprint density at radius 3 is 1.60 bits per heavy atom. The van der Waals surface area contributed by atoms with Gasteiger partial charge >= 0.3 is 0 Å². The van der Waals surface area contributed by atoms with Crippen molar-refractivity contribution in [2.24, 2.45) is 11.5 Å². The van der Waals surface area contributed by atoms with E-state index in [1.807, 2.05) is 0 Å². The minimum absolute atomic E-state index is 0.0477. The van der Waals surface area contributed by atoms with Crippen molar-refractivity contribution in [1.29, 1.82) is 10.8 Å². The molecule has 2 saturated heterocycles. The van der Waals surface area contributed by atoms with E-state index in [0.717, 1.165) is 0 Å². The fourth-order valence-electron chi connectivity index (χ4n) is 2.06. The van der Waals surface area contributed by atoms with Crippen molar-refractivity contribution in [2.75, 3.05) is 25.1 Å². The number of ether oxygens (including phenoxy) is 4. The van der Waals surface area contributed by atoms with E-state index in [4.69, 9.17) is 41.2 Å². The van der Waals surface area contributed by atoms with Gasteiger partial charge in [0.05, 0.1) is 12.2 Å². The molecule has 0 aromatic rings. The lowest BCUT2D eigenvalue weighted by atomic mass is 10.1. The summed E-state index contributed by atoms with van der Waals surface area (Å²) in [6.45, 7) is 0.389. The van der Waals surface area contributed by atoms with Gasteiger partial charge in [-0.25, -0.2) is 0 Å². The molecule has 0 radical (unpaired) electrons. The molecule has 0 aliphatic carbocycles. The van der Waals surface area contributed by atoms with Crippen molar-refractivity contribution in [1.82, 2.24) is 0 Å². The second-order valence-corrected chi connectivity index (χ2v) is 6.38. The molecule has 0 spiro atoms. The van der Waals surface area contributed by atoms with E-state index in [-0.39, 0.29) is 48.3 Å². The number of hydrogen-bond acceptors (Lipinski definition) is 8. The van der Waals surface area contributed by atoms with Gasteiger partial charge in [-0.15, -0.1) is 0 Å². The van der Waals surface area contributed by atoms with Crippen LogP contribution in [-0.2, 0) is 18.9 Å². The minimum atomic E-state index is -0.262. The number of rotatable bonds is 5. The van der Waals surface area contributed by atoms with Crippen LogP contribution in [0.1, 0.15) is 0 Å². The van der Waals surface area contributed by atoms with Crippen LogP contribution in [0.5, 0.6) is 0 Å². The number of amidine groups is 2. The fraction of sp³-hybridized carbons (Fsp3) is 0.800. The molecular formula is C10H18N4O4S2. The summed E-state index contributed by atoms with van der Waals surface area (Å²) in [5, 5.41) is 14.6. The Morgan fingerprint density at radius 1 is 0.850 bits per heavy atom. The van der Waals surface area contributed by atoms with Crippen molar-refractivity contribution >= 4 is 33.9 Å². The van der Waals surface area contributed by atoms with Gasteiger partial charge in [0.1, 0.15) is 25.8 Å². The summed E-state index contributed by atoms with van der Waals surface area (Å²) >= 11 is 2.42. The summed E-state index contributed by atoms with van der Waals surface area (Å²) in [4.78, 5) is 0. The summed E-state index contributed by atoms with van der Waals surface area (Å²) in [5.41, 5.74) is 10.7. The number of nitrogens with one attached hydrogen (secondary N) is 2. The van der Waals surface area contributed by atoms with E-state index >= 15 is 0 Å². The number of nitrogens with two attached hydrogens (primary N) is 2. The van der Waals surface area contributed by atoms with Crippen molar-refractivity contribution in [2.45, 2.75) is 24.4 Å². The summed E-state index contributed by atoms with van der Waals surface area (Å²) in [7, 11) is 0. The third-order valence-corrected chi connectivity index (χ3v) is 4.56. The monoisotopic (exact) mass is 322 g/mol. The van der Waals surface area contributed by atoms with Crippen LogP contribution in [0.25, 0.3) is 0 Å². The van der Waals surface area contributed by atoms with Crippen LogP contribution < -0.4 is 11.5 Å². The molecule has 2 heterocycles. The zero-order chi connectivity index (χ0) is 14.5. The maximum atomic E-state index is 7.23. The SMILES string of the molecule is N=C(N)SCC1OCOC1C1OCOC1CSC(=N)N. The molecule has 0 bridgehead atoms. The highest BCUT2D eigenvalue weighted by Crippen LogP contribution is 2.29. The standard InChI is InChI=1S/C10H18N4O4S2/c11-9(12)19-1-5-7(17-3-15-5)8-6(16-4-18-8)2-20-10(13)14/h5-8H,1-4H2,(H3,11,12)(H3,13,14). The van der Waals surface area contributed by atoms with Gasteiger partial charge in [-0.2, -0.15) is 0 Å². The molecule has 10 heteroatoms. The Balaban J connectivity index is 1.90. The van der Waals surface area contributed by atoms with Gasteiger partial charge in [-0.3, -0.25) is 10.8 Å².